The molecule has 4 N–H and O–H groups in total. The number of nitrogens with one attached hydrogen (secondary N) is 2. The van der Waals surface area contributed by atoms with Gasteiger partial charge in [0.2, 0.25) is 5.91 Å². The lowest BCUT2D eigenvalue weighted by molar-refractivity contribution is -0.119. The Kier molecular flexibility index (Phi) is 6.81. The number of nitrogens with zero attached hydrogens (tertiary/aromatic N) is 2. The van der Waals surface area contributed by atoms with Gasteiger partial charge >= 0.3 is 0 Å². The van der Waals surface area contributed by atoms with Crippen LogP contribution in [0.5, 0.6) is 5.75 Å². The number of halogens is 1. The minimum absolute atomic E-state index is 0. The SMILES string of the molecule is CCOc1ccc(NC(=O)[C@H]2CNC[C@@H]2c2cnn(C)c2)c(C(N)=O)c1.Cl. The Morgan fingerprint density at radius 1 is 1.41 bits per heavy atom. The average Bonchev–Trinajstić information content (AvgIpc) is 3.24. The molecule has 1 aliphatic heterocycles. The van der Waals surface area contributed by atoms with Crippen LogP contribution in [0.4, 0.5) is 5.69 Å². The molecular weight excluding hydrogens is 370 g/mol. The highest BCUT2D eigenvalue weighted by Gasteiger charge is 2.35. The number of carbonyl (C=O) groups excluding carboxylic acids is 2. The molecule has 0 bridgehead atoms. The second kappa shape index (κ2) is 8.88. The fourth-order valence-electron chi connectivity index (χ4n) is 3.25. The number of carbonyl (C=O) groups is 2. The predicted molar refractivity (Wildman–Crippen MR) is 104 cm³/mol. The van der Waals surface area contributed by atoms with Crippen LogP contribution >= 0.6 is 12.4 Å². The second-order valence-corrected chi connectivity index (χ2v) is 6.31. The summed E-state index contributed by atoms with van der Waals surface area (Å²) in [7, 11) is 1.85. The zero-order valence-electron chi connectivity index (χ0n) is 15.3. The largest absolute Gasteiger partial charge is 0.494 e. The van der Waals surface area contributed by atoms with E-state index in [2.05, 4.69) is 15.7 Å². The van der Waals surface area contributed by atoms with Crippen molar-refractivity contribution in [2.24, 2.45) is 18.7 Å². The summed E-state index contributed by atoms with van der Waals surface area (Å²) in [5.41, 5.74) is 7.10. The van der Waals surface area contributed by atoms with Crippen molar-refractivity contribution in [2.45, 2.75) is 12.8 Å². The number of primary amides is 1. The van der Waals surface area contributed by atoms with Crippen LogP contribution in [-0.4, -0.2) is 41.3 Å². The van der Waals surface area contributed by atoms with Gasteiger partial charge in [-0.3, -0.25) is 14.3 Å². The molecule has 1 aromatic heterocycles. The summed E-state index contributed by atoms with van der Waals surface area (Å²) in [4.78, 5) is 24.6. The Hall–Kier alpha value is -2.58. The molecule has 9 heteroatoms. The van der Waals surface area contributed by atoms with Gasteiger partial charge in [-0.05, 0) is 30.7 Å². The van der Waals surface area contributed by atoms with E-state index in [1.165, 1.54) is 0 Å². The molecule has 1 aliphatic rings. The monoisotopic (exact) mass is 393 g/mol. The first-order chi connectivity index (χ1) is 12.5. The fraction of sp³-hybridized carbons (Fsp3) is 0.389. The maximum atomic E-state index is 12.8. The van der Waals surface area contributed by atoms with Gasteiger partial charge < -0.3 is 21.1 Å². The molecule has 3 rings (SSSR count). The number of ether oxygens (including phenoxy) is 1. The minimum Gasteiger partial charge on any atom is -0.494 e. The van der Waals surface area contributed by atoms with Crippen molar-refractivity contribution in [2.75, 3.05) is 25.0 Å². The van der Waals surface area contributed by atoms with Crippen LogP contribution in [0, 0.1) is 5.92 Å². The van der Waals surface area contributed by atoms with E-state index in [1.807, 2.05) is 20.2 Å². The molecule has 2 aromatic rings. The van der Waals surface area contributed by atoms with Gasteiger partial charge in [0, 0.05) is 32.3 Å². The van der Waals surface area contributed by atoms with Crippen LogP contribution in [0.25, 0.3) is 0 Å². The Morgan fingerprint density at radius 3 is 2.81 bits per heavy atom. The first-order valence-electron chi connectivity index (χ1n) is 8.56. The second-order valence-electron chi connectivity index (χ2n) is 6.31. The number of hydrogen-bond acceptors (Lipinski definition) is 5. The van der Waals surface area contributed by atoms with Crippen LogP contribution in [0.1, 0.15) is 28.8 Å². The highest BCUT2D eigenvalue weighted by atomic mass is 35.5. The maximum Gasteiger partial charge on any atom is 0.250 e. The van der Waals surface area contributed by atoms with E-state index in [4.69, 9.17) is 10.5 Å². The lowest BCUT2D eigenvalue weighted by Crippen LogP contribution is -2.29. The summed E-state index contributed by atoms with van der Waals surface area (Å²) in [5, 5.41) is 10.3. The van der Waals surface area contributed by atoms with Crippen molar-refractivity contribution in [1.29, 1.82) is 0 Å². The van der Waals surface area contributed by atoms with Gasteiger partial charge in [0.25, 0.3) is 5.91 Å². The topological polar surface area (TPSA) is 111 Å². The van der Waals surface area contributed by atoms with Crippen LogP contribution in [0.15, 0.2) is 30.6 Å². The molecule has 0 aliphatic carbocycles. The first kappa shape index (κ1) is 20.7. The Balaban J connectivity index is 0.00000261. The molecule has 27 heavy (non-hydrogen) atoms. The van der Waals surface area contributed by atoms with Crippen molar-refractivity contribution >= 4 is 29.9 Å². The van der Waals surface area contributed by atoms with Crippen LogP contribution < -0.4 is 21.1 Å². The molecule has 0 saturated carbocycles. The van der Waals surface area contributed by atoms with Gasteiger partial charge in [0.1, 0.15) is 5.75 Å². The average molecular weight is 394 g/mol. The first-order valence-corrected chi connectivity index (χ1v) is 8.56. The zero-order valence-corrected chi connectivity index (χ0v) is 16.1. The van der Waals surface area contributed by atoms with E-state index in [9.17, 15) is 9.59 Å². The minimum atomic E-state index is -0.616. The number of hydrogen-bond donors (Lipinski definition) is 3. The fourth-order valence-corrected chi connectivity index (χ4v) is 3.25. The zero-order chi connectivity index (χ0) is 18.7. The van der Waals surface area contributed by atoms with E-state index in [1.54, 1.807) is 29.1 Å². The van der Waals surface area contributed by atoms with Crippen molar-refractivity contribution in [3.05, 3.63) is 41.7 Å². The van der Waals surface area contributed by atoms with E-state index in [0.29, 0.717) is 31.1 Å². The van der Waals surface area contributed by atoms with Gasteiger partial charge in [0.15, 0.2) is 0 Å². The summed E-state index contributed by atoms with van der Waals surface area (Å²) in [6.07, 6.45) is 3.70. The summed E-state index contributed by atoms with van der Waals surface area (Å²) < 4.78 is 7.12. The smallest absolute Gasteiger partial charge is 0.250 e. The van der Waals surface area contributed by atoms with Crippen LogP contribution in [0.2, 0.25) is 0 Å². The molecule has 0 unspecified atom stereocenters. The van der Waals surface area contributed by atoms with Crippen LogP contribution in [-0.2, 0) is 11.8 Å². The molecule has 0 spiro atoms. The Morgan fingerprint density at radius 2 is 2.19 bits per heavy atom. The van der Waals surface area contributed by atoms with Crippen LogP contribution in [0.3, 0.4) is 0 Å². The third-order valence-corrected chi connectivity index (χ3v) is 4.53. The molecule has 8 nitrogen and oxygen atoms in total. The Bertz CT molecular complexity index is 823. The maximum absolute atomic E-state index is 12.8. The number of aryl methyl sites for hydroxylation is 1. The summed E-state index contributed by atoms with van der Waals surface area (Å²) in [6.45, 7) is 3.60. The highest BCUT2D eigenvalue weighted by Crippen LogP contribution is 2.30. The summed E-state index contributed by atoms with van der Waals surface area (Å²) in [5.74, 6) is -0.462. The molecule has 2 atom stereocenters. The number of nitrogens with two attached hydrogens (primary N) is 1. The van der Waals surface area contributed by atoms with Gasteiger partial charge in [0.05, 0.1) is 30.0 Å². The van der Waals surface area contributed by atoms with E-state index < -0.39 is 5.91 Å². The molecule has 2 amide bonds. The molecule has 0 radical (unpaired) electrons. The summed E-state index contributed by atoms with van der Waals surface area (Å²) >= 11 is 0. The summed E-state index contributed by atoms with van der Waals surface area (Å²) in [6, 6.07) is 4.90. The van der Waals surface area contributed by atoms with Gasteiger partial charge in [-0.2, -0.15) is 5.10 Å². The quantitative estimate of drug-likeness (QED) is 0.684. The lowest BCUT2D eigenvalue weighted by atomic mass is 9.90. The van der Waals surface area contributed by atoms with Gasteiger partial charge in [-0.25, -0.2) is 0 Å². The molecule has 146 valence electrons. The number of anilines is 1. The number of benzene rings is 1. The van der Waals surface area contributed by atoms with Gasteiger partial charge in [-0.1, -0.05) is 0 Å². The molecule has 2 heterocycles. The van der Waals surface area contributed by atoms with Crippen molar-refractivity contribution in [3.8, 4) is 5.75 Å². The van der Waals surface area contributed by atoms with E-state index >= 15 is 0 Å². The van der Waals surface area contributed by atoms with E-state index in [-0.39, 0.29) is 35.7 Å². The molecule has 1 saturated heterocycles. The van der Waals surface area contributed by atoms with E-state index in [0.717, 1.165) is 5.56 Å². The lowest BCUT2D eigenvalue weighted by Gasteiger charge is -2.18. The Labute approximate surface area is 163 Å². The highest BCUT2D eigenvalue weighted by molar-refractivity contribution is 6.04. The normalized spacial score (nSPS) is 18.6. The molecule has 1 fully saturated rings. The number of amides is 2. The van der Waals surface area contributed by atoms with Crippen molar-refractivity contribution in [1.82, 2.24) is 15.1 Å². The third kappa shape index (κ3) is 4.58. The van der Waals surface area contributed by atoms with Crippen molar-refractivity contribution in [3.63, 3.8) is 0 Å². The number of rotatable bonds is 6. The molecule has 1 aromatic carbocycles. The number of aromatic nitrogens is 2. The van der Waals surface area contributed by atoms with Gasteiger partial charge in [-0.15, -0.1) is 12.4 Å². The predicted octanol–water partition coefficient (Wildman–Crippen LogP) is 1.28. The third-order valence-electron chi connectivity index (χ3n) is 4.53. The standard InChI is InChI=1S/C18H23N5O3.ClH/c1-3-26-12-4-5-16(13(6-12)17(19)24)22-18(25)15-9-20-8-14(15)11-7-21-23(2)10-11;/h4-7,10,14-15,20H,3,8-9H2,1-2H3,(H2,19,24)(H,22,25);1H/t14-,15+;/m1./s1. The molecular formula is C18H24ClN5O3. The van der Waals surface area contributed by atoms with Crippen molar-refractivity contribution < 1.29 is 14.3 Å².